The number of nitrogens with one attached hydrogen (secondary N) is 1. The maximum Gasteiger partial charge on any atom is 0.137 e. The molecule has 17 heavy (non-hydrogen) atoms. The van der Waals surface area contributed by atoms with Crippen molar-refractivity contribution >= 4 is 23.4 Å². The van der Waals surface area contributed by atoms with Crippen molar-refractivity contribution in [2.75, 3.05) is 36.1 Å². The Morgan fingerprint density at radius 3 is 3.06 bits per heavy atom. The summed E-state index contributed by atoms with van der Waals surface area (Å²) in [7, 11) is 1.90. The first-order chi connectivity index (χ1) is 8.26. The molecule has 94 valence electrons. The van der Waals surface area contributed by atoms with Crippen molar-refractivity contribution in [3.63, 3.8) is 0 Å². The molecule has 0 aliphatic carbocycles. The van der Waals surface area contributed by atoms with Crippen LogP contribution in [0.4, 0.5) is 11.6 Å². The number of rotatable bonds is 3. The SMILES string of the molecule is CCC1CN(c2ncnc(NC)c2C)CCS1. The van der Waals surface area contributed by atoms with Gasteiger partial charge in [-0.1, -0.05) is 6.92 Å². The summed E-state index contributed by atoms with van der Waals surface area (Å²) in [5.41, 5.74) is 1.15. The van der Waals surface area contributed by atoms with Gasteiger partial charge in [-0.3, -0.25) is 0 Å². The number of nitrogens with zero attached hydrogens (tertiary/aromatic N) is 3. The molecule has 2 heterocycles. The minimum atomic E-state index is 0.733. The fraction of sp³-hybridized carbons (Fsp3) is 0.667. The lowest BCUT2D eigenvalue weighted by atomic mass is 10.2. The smallest absolute Gasteiger partial charge is 0.137 e. The van der Waals surface area contributed by atoms with Crippen LogP contribution >= 0.6 is 11.8 Å². The molecule has 1 atom stereocenters. The van der Waals surface area contributed by atoms with Gasteiger partial charge in [0.1, 0.15) is 18.0 Å². The van der Waals surface area contributed by atoms with Crippen molar-refractivity contribution in [2.45, 2.75) is 25.5 Å². The average Bonchev–Trinajstić information content (AvgIpc) is 2.39. The van der Waals surface area contributed by atoms with E-state index in [0.29, 0.717) is 0 Å². The first kappa shape index (κ1) is 12.5. The Hall–Kier alpha value is -0.970. The monoisotopic (exact) mass is 252 g/mol. The highest BCUT2D eigenvalue weighted by Gasteiger charge is 2.22. The molecule has 1 aliphatic rings. The van der Waals surface area contributed by atoms with Gasteiger partial charge >= 0.3 is 0 Å². The van der Waals surface area contributed by atoms with E-state index >= 15 is 0 Å². The lowest BCUT2D eigenvalue weighted by Crippen LogP contribution is -2.38. The fourth-order valence-electron chi connectivity index (χ4n) is 2.17. The number of hydrogen-bond acceptors (Lipinski definition) is 5. The van der Waals surface area contributed by atoms with Crippen molar-refractivity contribution in [2.24, 2.45) is 0 Å². The lowest BCUT2D eigenvalue weighted by Gasteiger charge is -2.33. The molecule has 1 aromatic heterocycles. The van der Waals surface area contributed by atoms with Crippen LogP contribution in [0.15, 0.2) is 6.33 Å². The van der Waals surface area contributed by atoms with Gasteiger partial charge in [-0.05, 0) is 13.3 Å². The summed E-state index contributed by atoms with van der Waals surface area (Å²) in [6.45, 7) is 6.53. The van der Waals surface area contributed by atoms with E-state index in [1.54, 1.807) is 6.33 Å². The highest BCUT2D eigenvalue weighted by Crippen LogP contribution is 2.28. The lowest BCUT2D eigenvalue weighted by molar-refractivity contribution is 0.716. The van der Waals surface area contributed by atoms with Crippen LogP contribution in [0.3, 0.4) is 0 Å². The van der Waals surface area contributed by atoms with Crippen LogP contribution < -0.4 is 10.2 Å². The zero-order valence-electron chi connectivity index (χ0n) is 10.7. The molecule has 0 amide bonds. The van der Waals surface area contributed by atoms with E-state index in [9.17, 15) is 0 Å². The van der Waals surface area contributed by atoms with Crippen molar-refractivity contribution in [1.82, 2.24) is 9.97 Å². The summed E-state index contributed by atoms with van der Waals surface area (Å²) in [6, 6.07) is 0. The summed E-state index contributed by atoms with van der Waals surface area (Å²) >= 11 is 2.08. The minimum absolute atomic E-state index is 0.733. The van der Waals surface area contributed by atoms with Crippen LogP contribution in [-0.4, -0.2) is 41.1 Å². The fourth-order valence-corrected chi connectivity index (χ4v) is 3.35. The van der Waals surface area contributed by atoms with E-state index in [4.69, 9.17) is 0 Å². The van der Waals surface area contributed by atoms with Crippen LogP contribution in [0.1, 0.15) is 18.9 Å². The summed E-state index contributed by atoms with van der Waals surface area (Å²) in [5, 5.41) is 3.85. The second-order valence-electron chi connectivity index (χ2n) is 4.27. The Bertz CT molecular complexity index is 383. The van der Waals surface area contributed by atoms with Gasteiger partial charge < -0.3 is 10.2 Å². The molecule has 1 unspecified atom stereocenters. The minimum Gasteiger partial charge on any atom is -0.373 e. The molecular formula is C12H20N4S. The quantitative estimate of drug-likeness (QED) is 0.893. The van der Waals surface area contributed by atoms with Crippen molar-refractivity contribution in [3.8, 4) is 0 Å². The number of anilines is 2. The Kier molecular flexibility index (Phi) is 4.10. The van der Waals surface area contributed by atoms with Crippen LogP contribution in [0, 0.1) is 6.92 Å². The van der Waals surface area contributed by atoms with Gasteiger partial charge in [0.05, 0.1) is 0 Å². The van der Waals surface area contributed by atoms with Crippen molar-refractivity contribution in [1.29, 1.82) is 0 Å². The molecule has 1 saturated heterocycles. The van der Waals surface area contributed by atoms with Crippen molar-refractivity contribution < 1.29 is 0 Å². The summed E-state index contributed by atoms with van der Waals surface area (Å²) in [5.74, 6) is 3.21. The third-order valence-corrected chi connectivity index (χ3v) is 4.56. The molecular weight excluding hydrogens is 232 g/mol. The highest BCUT2D eigenvalue weighted by atomic mass is 32.2. The molecule has 0 spiro atoms. The van der Waals surface area contributed by atoms with Crippen LogP contribution in [0.5, 0.6) is 0 Å². The maximum atomic E-state index is 4.44. The van der Waals surface area contributed by atoms with Gasteiger partial charge in [-0.15, -0.1) is 0 Å². The second-order valence-corrected chi connectivity index (χ2v) is 5.68. The first-order valence-electron chi connectivity index (χ1n) is 6.12. The van der Waals surface area contributed by atoms with Gasteiger partial charge in [0.15, 0.2) is 0 Å². The largest absolute Gasteiger partial charge is 0.373 e. The molecule has 4 nitrogen and oxygen atoms in total. The van der Waals surface area contributed by atoms with Crippen LogP contribution in [0.2, 0.25) is 0 Å². The summed E-state index contributed by atoms with van der Waals surface area (Å²) in [6.07, 6.45) is 2.88. The highest BCUT2D eigenvalue weighted by molar-refractivity contribution is 8.00. The molecule has 1 fully saturated rings. The van der Waals surface area contributed by atoms with Gasteiger partial charge in [-0.2, -0.15) is 11.8 Å². The number of aromatic nitrogens is 2. The normalized spacial score (nSPS) is 20.4. The zero-order chi connectivity index (χ0) is 12.3. The van der Waals surface area contributed by atoms with E-state index in [2.05, 4.69) is 45.8 Å². The third kappa shape index (κ3) is 2.65. The van der Waals surface area contributed by atoms with E-state index in [0.717, 1.165) is 35.5 Å². The first-order valence-corrected chi connectivity index (χ1v) is 7.17. The van der Waals surface area contributed by atoms with Gasteiger partial charge in [0, 0.05) is 36.7 Å². The molecule has 5 heteroatoms. The van der Waals surface area contributed by atoms with Crippen molar-refractivity contribution in [3.05, 3.63) is 11.9 Å². The Balaban J connectivity index is 2.21. The van der Waals surface area contributed by atoms with E-state index in [1.807, 2.05) is 7.05 Å². The molecule has 0 radical (unpaired) electrons. The van der Waals surface area contributed by atoms with Gasteiger partial charge in [0.2, 0.25) is 0 Å². The van der Waals surface area contributed by atoms with E-state index in [-0.39, 0.29) is 0 Å². The maximum absolute atomic E-state index is 4.44. The zero-order valence-corrected chi connectivity index (χ0v) is 11.5. The predicted molar refractivity (Wildman–Crippen MR) is 75.1 cm³/mol. The summed E-state index contributed by atoms with van der Waals surface area (Å²) < 4.78 is 0. The molecule has 1 aromatic rings. The predicted octanol–water partition coefficient (Wildman–Crippen LogP) is 2.16. The summed E-state index contributed by atoms with van der Waals surface area (Å²) in [4.78, 5) is 11.1. The number of hydrogen-bond donors (Lipinski definition) is 1. The molecule has 2 rings (SSSR count). The Morgan fingerprint density at radius 2 is 2.35 bits per heavy atom. The standard InChI is InChI=1S/C12H20N4S/c1-4-10-7-16(5-6-17-10)12-9(2)11(13-3)14-8-15-12/h8,10H,4-7H2,1-3H3,(H,13,14,15). The second kappa shape index (κ2) is 5.58. The number of thioether (sulfide) groups is 1. The van der Waals surface area contributed by atoms with Gasteiger partial charge in [-0.25, -0.2) is 9.97 Å². The third-order valence-electron chi connectivity index (χ3n) is 3.19. The Labute approximate surface area is 107 Å². The molecule has 1 aliphatic heterocycles. The van der Waals surface area contributed by atoms with Crippen LogP contribution in [-0.2, 0) is 0 Å². The molecule has 1 N–H and O–H groups in total. The topological polar surface area (TPSA) is 41.1 Å². The van der Waals surface area contributed by atoms with Gasteiger partial charge in [0.25, 0.3) is 0 Å². The van der Waals surface area contributed by atoms with Crippen LogP contribution in [0.25, 0.3) is 0 Å². The Morgan fingerprint density at radius 1 is 1.53 bits per heavy atom. The molecule has 0 aromatic carbocycles. The van der Waals surface area contributed by atoms with E-state index in [1.165, 1.54) is 12.2 Å². The average molecular weight is 252 g/mol. The van der Waals surface area contributed by atoms with E-state index < -0.39 is 0 Å². The molecule has 0 saturated carbocycles. The molecule has 0 bridgehead atoms.